The van der Waals surface area contributed by atoms with Crippen molar-refractivity contribution in [3.8, 4) is 0 Å². The molecule has 0 unspecified atom stereocenters. The van der Waals surface area contributed by atoms with Gasteiger partial charge in [-0.25, -0.2) is 0 Å². The Morgan fingerprint density at radius 2 is 1.78 bits per heavy atom. The predicted octanol–water partition coefficient (Wildman–Crippen LogP) is 1.54. The molecule has 3 amide bonds. The summed E-state index contributed by atoms with van der Waals surface area (Å²) in [5.41, 5.74) is 1.07. The molecule has 0 spiro atoms. The summed E-state index contributed by atoms with van der Waals surface area (Å²) in [5.74, 6) is -1.96. The van der Waals surface area contributed by atoms with E-state index < -0.39 is 24.3 Å². The van der Waals surface area contributed by atoms with E-state index in [1.165, 1.54) is 0 Å². The first-order chi connectivity index (χ1) is 12.9. The number of piperidine rings is 1. The van der Waals surface area contributed by atoms with Crippen LogP contribution < -0.4 is 0 Å². The monoisotopic (exact) mass is 372 g/mol. The molecule has 0 saturated carbocycles. The molecule has 2 aliphatic heterocycles. The van der Waals surface area contributed by atoms with Crippen molar-refractivity contribution in [1.29, 1.82) is 0 Å². The highest BCUT2D eigenvalue weighted by atomic mass is 16.5. The highest BCUT2D eigenvalue weighted by Crippen LogP contribution is 2.23. The molecule has 27 heavy (non-hydrogen) atoms. The van der Waals surface area contributed by atoms with E-state index >= 15 is 0 Å². The summed E-state index contributed by atoms with van der Waals surface area (Å²) in [5, 5.41) is 0. The Hall–Kier alpha value is -2.70. The summed E-state index contributed by atoms with van der Waals surface area (Å²) in [4.78, 5) is 51.8. The standard InChI is InChI=1S/C20H24N2O5/c1-13-6-5-7-14(2)22(13)18(24)12-27-19(25)11-21-17(23)10-15-8-3-4-9-16(15)20(21)26/h3-4,8-9,13-14H,5-7,10-12H2,1-2H3/t13-,14+. The van der Waals surface area contributed by atoms with Gasteiger partial charge in [-0.3, -0.25) is 24.1 Å². The van der Waals surface area contributed by atoms with Gasteiger partial charge in [0.15, 0.2) is 6.61 Å². The average molecular weight is 372 g/mol. The first-order valence-corrected chi connectivity index (χ1v) is 9.28. The number of hydrogen-bond donors (Lipinski definition) is 0. The smallest absolute Gasteiger partial charge is 0.326 e. The van der Waals surface area contributed by atoms with Crippen LogP contribution in [0.4, 0.5) is 0 Å². The minimum atomic E-state index is -0.762. The van der Waals surface area contributed by atoms with E-state index in [1.807, 2.05) is 13.8 Å². The molecule has 1 aromatic rings. The van der Waals surface area contributed by atoms with Gasteiger partial charge < -0.3 is 9.64 Å². The summed E-state index contributed by atoms with van der Waals surface area (Å²) in [7, 11) is 0. The van der Waals surface area contributed by atoms with Gasteiger partial charge in [-0.1, -0.05) is 18.2 Å². The van der Waals surface area contributed by atoms with E-state index in [2.05, 4.69) is 0 Å². The van der Waals surface area contributed by atoms with Crippen molar-refractivity contribution in [2.75, 3.05) is 13.2 Å². The minimum Gasteiger partial charge on any atom is -0.454 e. The number of carbonyl (C=O) groups excluding carboxylic acids is 4. The number of esters is 1. The lowest BCUT2D eigenvalue weighted by Crippen LogP contribution is -2.49. The number of carbonyl (C=O) groups is 4. The van der Waals surface area contributed by atoms with Crippen LogP contribution >= 0.6 is 0 Å². The van der Waals surface area contributed by atoms with E-state index in [-0.39, 0.29) is 31.0 Å². The lowest BCUT2D eigenvalue weighted by atomic mass is 9.97. The Labute approximate surface area is 158 Å². The molecule has 0 bridgehead atoms. The summed E-state index contributed by atoms with van der Waals surface area (Å²) in [6.45, 7) is 3.11. The van der Waals surface area contributed by atoms with Crippen LogP contribution in [0.15, 0.2) is 24.3 Å². The molecule has 3 rings (SSSR count). The number of rotatable bonds is 4. The SMILES string of the molecule is C[C@@H]1CCC[C@H](C)N1C(=O)COC(=O)CN1C(=O)Cc2ccccc2C1=O. The van der Waals surface area contributed by atoms with Crippen LogP contribution in [0.25, 0.3) is 0 Å². The fourth-order valence-corrected chi connectivity index (χ4v) is 3.86. The molecule has 144 valence electrons. The molecular weight excluding hydrogens is 348 g/mol. The molecule has 0 aromatic heterocycles. The van der Waals surface area contributed by atoms with Crippen molar-refractivity contribution in [3.05, 3.63) is 35.4 Å². The molecule has 1 saturated heterocycles. The maximum atomic E-state index is 12.5. The van der Waals surface area contributed by atoms with E-state index in [9.17, 15) is 19.2 Å². The second-order valence-electron chi connectivity index (χ2n) is 7.21. The largest absolute Gasteiger partial charge is 0.454 e. The van der Waals surface area contributed by atoms with Gasteiger partial charge >= 0.3 is 5.97 Å². The third kappa shape index (κ3) is 4.02. The Morgan fingerprint density at radius 1 is 1.11 bits per heavy atom. The number of ether oxygens (including phenoxy) is 1. The van der Waals surface area contributed by atoms with Crippen molar-refractivity contribution in [2.24, 2.45) is 0 Å². The summed E-state index contributed by atoms with van der Waals surface area (Å²) in [6.07, 6.45) is 3.00. The number of amides is 3. The summed E-state index contributed by atoms with van der Waals surface area (Å²) in [6, 6.07) is 7.05. The van der Waals surface area contributed by atoms with Gasteiger partial charge in [-0.2, -0.15) is 0 Å². The van der Waals surface area contributed by atoms with Crippen LogP contribution in [-0.4, -0.2) is 58.7 Å². The molecule has 7 nitrogen and oxygen atoms in total. The second-order valence-corrected chi connectivity index (χ2v) is 7.21. The lowest BCUT2D eigenvalue weighted by Gasteiger charge is -2.38. The zero-order chi connectivity index (χ0) is 19.6. The number of likely N-dealkylation sites (tertiary alicyclic amines) is 1. The molecule has 2 heterocycles. The van der Waals surface area contributed by atoms with E-state index in [4.69, 9.17) is 4.74 Å². The Bertz CT molecular complexity index is 765. The third-order valence-corrected chi connectivity index (χ3v) is 5.26. The average Bonchev–Trinajstić information content (AvgIpc) is 2.63. The van der Waals surface area contributed by atoms with Gasteiger partial charge in [0.05, 0.1) is 6.42 Å². The fraction of sp³-hybridized carbons (Fsp3) is 0.500. The lowest BCUT2D eigenvalue weighted by molar-refractivity contribution is -0.156. The molecule has 1 aromatic carbocycles. The van der Waals surface area contributed by atoms with Crippen molar-refractivity contribution in [2.45, 2.75) is 51.6 Å². The van der Waals surface area contributed by atoms with Crippen LogP contribution in [0.1, 0.15) is 49.0 Å². The van der Waals surface area contributed by atoms with Gasteiger partial charge in [0, 0.05) is 17.6 Å². The maximum Gasteiger partial charge on any atom is 0.326 e. The Kier molecular flexibility index (Phi) is 5.58. The van der Waals surface area contributed by atoms with Crippen molar-refractivity contribution in [1.82, 2.24) is 9.80 Å². The normalized spacial score (nSPS) is 22.4. The zero-order valence-electron chi connectivity index (χ0n) is 15.6. The predicted molar refractivity (Wildman–Crippen MR) is 96.8 cm³/mol. The number of benzene rings is 1. The van der Waals surface area contributed by atoms with Crippen LogP contribution in [0, 0.1) is 0 Å². The molecule has 0 aliphatic carbocycles. The van der Waals surface area contributed by atoms with Gasteiger partial charge in [0.2, 0.25) is 5.91 Å². The number of hydrogen-bond acceptors (Lipinski definition) is 5. The third-order valence-electron chi connectivity index (χ3n) is 5.26. The van der Waals surface area contributed by atoms with Crippen molar-refractivity contribution >= 4 is 23.7 Å². The van der Waals surface area contributed by atoms with Gasteiger partial charge in [-0.15, -0.1) is 0 Å². The van der Waals surface area contributed by atoms with Crippen LogP contribution in [0.5, 0.6) is 0 Å². The molecular formula is C20H24N2O5. The van der Waals surface area contributed by atoms with Crippen LogP contribution in [-0.2, 0) is 25.5 Å². The number of nitrogens with zero attached hydrogens (tertiary/aromatic N) is 2. The van der Waals surface area contributed by atoms with Gasteiger partial charge in [0.1, 0.15) is 6.54 Å². The Balaban J connectivity index is 1.57. The minimum absolute atomic E-state index is 0.0664. The van der Waals surface area contributed by atoms with Crippen LogP contribution in [0.2, 0.25) is 0 Å². The molecule has 2 aliphatic rings. The quantitative estimate of drug-likeness (QED) is 0.591. The number of fused-ring (bicyclic) bond motifs is 1. The molecule has 0 N–H and O–H groups in total. The molecule has 1 fully saturated rings. The highest BCUT2D eigenvalue weighted by molar-refractivity contribution is 6.11. The topological polar surface area (TPSA) is 84.0 Å². The fourth-order valence-electron chi connectivity index (χ4n) is 3.86. The van der Waals surface area contributed by atoms with Gasteiger partial charge in [-0.05, 0) is 44.7 Å². The molecule has 7 heteroatoms. The molecule has 0 radical (unpaired) electrons. The maximum absolute atomic E-state index is 12.5. The van der Waals surface area contributed by atoms with Gasteiger partial charge in [0.25, 0.3) is 11.8 Å². The first kappa shape index (κ1) is 19.1. The van der Waals surface area contributed by atoms with Crippen molar-refractivity contribution < 1.29 is 23.9 Å². The first-order valence-electron chi connectivity index (χ1n) is 9.28. The molecule has 2 atom stereocenters. The van der Waals surface area contributed by atoms with Crippen molar-refractivity contribution in [3.63, 3.8) is 0 Å². The zero-order valence-corrected chi connectivity index (χ0v) is 15.6. The summed E-state index contributed by atoms with van der Waals surface area (Å²) >= 11 is 0. The number of imide groups is 1. The summed E-state index contributed by atoms with van der Waals surface area (Å²) < 4.78 is 5.06. The van der Waals surface area contributed by atoms with E-state index in [0.29, 0.717) is 11.1 Å². The van der Waals surface area contributed by atoms with E-state index in [0.717, 1.165) is 24.2 Å². The van der Waals surface area contributed by atoms with E-state index in [1.54, 1.807) is 29.2 Å². The second kappa shape index (κ2) is 7.90. The van der Waals surface area contributed by atoms with Crippen LogP contribution in [0.3, 0.4) is 0 Å². The highest BCUT2D eigenvalue weighted by Gasteiger charge is 2.33. The Morgan fingerprint density at radius 3 is 2.48 bits per heavy atom.